The molecule has 4 rings (SSSR count). The van der Waals surface area contributed by atoms with Gasteiger partial charge in [-0.25, -0.2) is 14.4 Å². The third-order valence-corrected chi connectivity index (χ3v) is 5.08. The van der Waals surface area contributed by atoms with Crippen molar-refractivity contribution in [3.8, 4) is 0 Å². The van der Waals surface area contributed by atoms with E-state index >= 15 is 0 Å². The van der Waals surface area contributed by atoms with Crippen LogP contribution in [0.1, 0.15) is 32.0 Å². The van der Waals surface area contributed by atoms with Crippen molar-refractivity contribution in [3.05, 3.63) is 42.5 Å². The Morgan fingerprint density at radius 2 is 2.20 bits per heavy atom. The molecule has 132 valence electrons. The molecule has 3 heterocycles. The van der Waals surface area contributed by atoms with E-state index in [0.717, 1.165) is 43.9 Å². The predicted octanol–water partition coefficient (Wildman–Crippen LogP) is 2.84. The van der Waals surface area contributed by atoms with Gasteiger partial charge in [-0.05, 0) is 38.4 Å². The number of aromatic nitrogens is 5. The van der Waals surface area contributed by atoms with E-state index in [1.807, 2.05) is 10.7 Å². The van der Waals surface area contributed by atoms with Crippen LogP contribution in [-0.4, -0.2) is 41.8 Å². The first kappa shape index (κ1) is 16.2. The van der Waals surface area contributed by atoms with Crippen LogP contribution < -0.4 is 0 Å². The summed E-state index contributed by atoms with van der Waals surface area (Å²) in [6.07, 6.45) is 6.90. The molecular formula is C18H23FN6. The van der Waals surface area contributed by atoms with Crippen LogP contribution in [0.15, 0.2) is 30.9 Å². The zero-order chi connectivity index (χ0) is 17.2. The van der Waals surface area contributed by atoms with Crippen molar-refractivity contribution in [1.29, 1.82) is 0 Å². The summed E-state index contributed by atoms with van der Waals surface area (Å²) in [7, 11) is 0. The Bertz CT molecular complexity index is 841. The number of benzene rings is 1. The minimum absolute atomic E-state index is 0.247. The molecule has 0 bridgehead atoms. The van der Waals surface area contributed by atoms with E-state index in [1.54, 1.807) is 18.7 Å². The number of aryl methyl sites for hydroxylation is 1. The molecule has 2 aromatic heterocycles. The van der Waals surface area contributed by atoms with Gasteiger partial charge in [0, 0.05) is 12.6 Å². The van der Waals surface area contributed by atoms with Crippen LogP contribution in [0.25, 0.3) is 11.0 Å². The van der Waals surface area contributed by atoms with Crippen molar-refractivity contribution in [2.45, 2.75) is 51.9 Å². The van der Waals surface area contributed by atoms with Gasteiger partial charge in [-0.2, -0.15) is 5.10 Å². The monoisotopic (exact) mass is 342 g/mol. The van der Waals surface area contributed by atoms with Crippen molar-refractivity contribution in [3.63, 3.8) is 0 Å². The standard InChI is InChI=1S/C18H23FN6/c1-2-25-16-8-5-7-15(19)18(16)22-17(25)11-23-9-4-3-6-14(23)10-24-13-20-12-21-24/h5,7-8,12-14H,2-4,6,9-11H2,1H3/t14-/m0/s1. The lowest BCUT2D eigenvalue weighted by Crippen LogP contribution is -2.42. The average molecular weight is 342 g/mol. The molecule has 6 nitrogen and oxygen atoms in total. The van der Waals surface area contributed by atoms with Crippen molar-refractivity contribution >= 4 is 11.0 Å². The molecule has 1 aliphatic rings. The number of halogens is 1. The van der Waals surface area contributed by atoms with Gasteiger partial charge >= 0.3 is 0 Å². The molecule has 0 spiro atoms. The molecule has 0 amide bonds. The molecule has 3 aromatic rings. The maximum absolute atomic E-state index is 14.1. The Morgan fingerprint density at radius 1 is 1.28 bits per heavy atom. The molecule has 1 aromatic carbocycles. The van der Waals surface area contributed by atoms with Crippen LogP contribution >= 0.6 is 0 Å². The van der Waals surface area contributed by atoms with E-state index in [9.17, 15) is 4.39 Å². The summed E-state index contributed by atoms with van der Waals surface area (Å²) in [5.41, 5.74) is 1.35. The number of likely N-dealkylation sites (tertiary alicyclic amines) is 1. The molecule has 0 saturated carbocycles. The van der Waals surface area contributed by atoms with Crippen molar-refractivity contribution in [2.24, 2.45) is 0 Å². The molecule has 0 N–H and O–H groups in total. The minimum atomic E-state index is -0.247. The third kappa shape index (κ3) is 3.16. The number of hydrogen-bond donors (Lipinski definition) is 0. The van der Waals surface area contributed by atoms with Gasteiger partial charge in [0.15, 0.2) is 5.82 Å². The highest BCUT2D eigenvalue weighted by molar-refractivity contribution is 5.76. The summed E-state index contributed by atoms with van der Waals surface area (Å²) in [6, 6.07) is 5.59. The molecule has 7 heteroatoms. The van der Waals surface area contributed by atoms with Gasteiger partial charge in [0.1, 0.15) is 24.0 Å². The van der Waals surface area contributed by atoms with E-state index in [2.05, 4.69) is 31.5 Å². The fourth-order valence-electron chi connectivity index (χ4n) is 3.83. The van der Waals surface area contributed by atoms with E-state index in [-0.39, 0.29) is 5.82 Å². The number of hydrogen-bond acceptors (Lipinski definition) is 4. The Morgan fingerprint density at radius 3 is 3.00 bits per heavy atom. The first-order valence-corrected chi connectivity index (χ1v) is 8.96. The van der Waals surface area contributed by atoms with Gasteiger partial charge in [-0.15, -0.1) is 0 Å². The molecular weight excluding hydrogens is 319 g/mol. The van der Waals surface area contributed by atoms with Gasteiger partial charge in [-0.1, -0.05) is 12.5 Å². The van der Waals surface area contributed by atoms with Gasteiger partial charge in [0.25, 0.3) is 0 Å². The first-order chi connectivity index (χ1) is 12.3. The topological polar surface area (TPSA) is 51.8 Å². The van der Waals surface area contributed by atoms with E-state index in [1.165, 1.54) is 18.9 Å². The molecule has 25 heavy (non-hydrogen) atoms. The fraction of sp³-hybridized carbons (Fsp3) is 0.500. The largest absolute Gasteiger partial charge is 0.327 e. The predicted molar refractivity (Wildman–Crippen MR) is 93.4 cm³/mol. The highest BCUT2D eigenvalue weighted by atomic mass is 19.1. The van der Waals surface area contributed by atoms with Gasteiger partial charge in [-0.3, -0.25) is 9.58 Å². The smallest absolute Gasteiger partial charge is 0.151 e. The van der Waals surface area contributed by atoms with E-state index in [0.29, 0.717) is 11.6 Å². The van der Waals surface area contributed by atoms with Crippen LogP contribution in [0.2, 0.25) is 0 Å². The summed E-state index contributed by atoms with van der Waals surface area (Å²) in [5.74, 6) is 0.692. The number of nitrogens with zero attached hydrogens (tertiary/aromatic N) is 6. The Kier molecular flexibility index (Phi) is 4.48. The summed E-state index contributed by atoms with van der Waals surface area (Å²) in [5, 5.41) is 4.24. The fourth-order valence-corrected chi connectivity index (χ4v) is 3.83. The van der Waals surface area contributed by atoms with Crippen LogP contribution in [0.4, 0.5) is 4.39 Å². The second-order valence-electron chi connectivity index (χ2n) is 6.62. The second-order valence-corrected chi connectivity index (χ2v) is 6.62. The summed E-state index contributed by atoms with van der Waals surface area (Å²) < 4.78 is 18.1. The number of imidazole rings is 1. The first-order valence-electron chi connectivity index (χ1n) is 8.96. The lowest BCUT2D eigenvalue weighted by molar-refractivity contribution is 0.117. The molecule has 0 unspecified atom stereocenters. The zero-order valence-corrected chi connectivity index (χ0v) is 14.5. The molecule has 1 fully saturated rings. The number of fused-ring (bicyclic) bond motifs is 1. The highest BCUT2D eigenvalue weighted by Gasteiger charge is 2.25. The lowest BCUT2D eigenvalue weighted by Gasteiger charge is -2.35. The lowest BCUT2D eigenvalue weighted by atomic mass is 10.0. The van der Waals surface area contributed by atoms with E-state index < -0.39 is 0 Å². The van der Waals surface area contributed by atoms with Gasteiger partial charge in [0.2, 0.25) is 0 Å². The van der Waals surface area contributed by atoms with Gasteiger partial charge < -0.3 is 4.57 Å². The van der Waals surface area contributed by atoms with Crippen LogP contribution in [0.5, 0.6) is 0 Å². The molecule has 0 radical (unpaired) electrons. The van der Waals surface area contributed by atoms with Crippen molar-refractivity contribution in [2.75, 3.05) is 6.54 Å². The molecule has 0 aliphatic carbocycles. The summed E-state index contributed by atoms with van der Waals surface area (Å²) in [6.45, 7) is 5.48. The molecule has 1 saturated heterocycles. The second kappa shape index (κ2) is 6.92. The summed E-state index contributed by atoms with van der Waals surface area (Å²) >= 11 is 0. The van der Waals surface area contributed by atoms with Crippen LogP contribution in [-0.2, 0) is 19.6 Å². The zero-order valence-electron chi connectivity index (χ0n) is 14.5. The maximum atomic E-state index is 14.1. The average Bonchev–Trinajstić information content (AvgIpc) is 3.24. The van der Waals surface area contributed by atoms with Crippen molar-refractivity contribution < 1.29 is 4.39 Å². The summed E-state index contributed by atoms with van der Waals surface area (Å²) in [4.78, 5) is 11.1. The quantitative estimate of drug-likeness (QED) is 0.715. The number of rotatable bonds is 5. The van der Waals surface area contributed by atoms with Gasteiger partial charge in [0.05, 0.1) is 18.6 Å². The van der Waals surface area contributed by atoms with Crippen LogP contribution in [0, 0.1) is 5.82 Å². The highest BCUT2D eigenvalue weighted by Crippen LogP contribution is 2.24. The number of piperidine rings is 1. The number of para-hydroxylation sites is 1. The Balaban J connectivity index is 1.61. The Labute approximate surface area is 146 Å². The van der Waals surface area contributed by atoms with Crippen LogP contribution in [0.3, 0.4) is 0 Å². The van der Waals surface area contributed by atoms with Crippen molar-refractivity contribution in [1.82, 2.24) is 29.2 Å². The molecule has 1 atom stereocenters. The third-order valence-electron chi connectivity index (χ3n) is 5.08. The van der Waals surface area contributed by atoms with E-state index in [4.69, 9.17) is 0 Å². The molecule has 1 aliphatic heterocycles. The minimum Gasteiger partial charge on any atom is -0.327 e. The normalized spacial score (nSPS) is 18.9. The maximum Gasteiger partial charge on any atom is 0.151 e. The SMILES string of the molecule is CCn1c(CN2CCCC[C@H]2Cn2cncn2)nc2c(F)cccc21. The Hall–Kier alpha value is -2.28.